The van der Waals surface area contributed by atoms with Crippen LogP contribution in [0.4, 0.5) is 4.39 Å². The summed E-state index contributed by atoms with van der Waals surface area (Å²) >= 11 is 0. The molecule has 0 bridgehead atoms. The van der Waals surface area contributed by atoms with Gasteiger partial charge in [0.1, 0.15) is 5.82 Å². The molecule has 0 amide bonds. The molecule has 1 rings (SSSR count). The van der Waals surface area contributed by atoms with Crippen molar-refractivity contribution in [2.45, 2.75) is 58.6 Å². The largest absolute Gasteiger partial charge is 0.374 e. The van der Waals surface area contributed by atoms with Crippen LogP contribution in [-0.2, 0) is 11.2 Å². The Morgan fingerprint density at radius 3 is 2.40 bits per heavy atom. The zero-order chi connectivity index (χ0) is 15.2. The third-order valence-electron chi connectivity index (χ3n) is 4.19. The molecule has 3 N–H and O–H groups in total. The lowest BCUT2D eigenvalue weighted by atomic mass is 9.84. The van der Waals surface area contributed by atoms with Crippen LogP contribution in [0.5, 0.6) is 0 Å². The summed E-state index contributed by atoms with van der Waals surface area (Å²) in [4.78, 5) is 0. The minimum atomic E-state index is -0.287. The normalized spacial score (nSPS) is 13.5. The van der Waals surface area contributed by atoms with E-state index in [0.717, 1.165) is 30.4 Å². The van der Waals surface area contributed by atoms with E-state index in [2.05, 4.69) is 19.3 Å². The van der Waals surface area contributed by atoms with Crippen molar-refractivity contribution in [3.05, 3.63) is 35.1 Å². The third-order valence-corrected chi connectivity index (χ3v) is 4.19. The Labute approximate surface area is 121 Å². The van der Waals surface area contributed by atoms with Gasteiger partial charge in [-0.25, -0.2) is 4.39 Å². The Bertz CT molecular complexity index is 419. The van der Waals surface area contributed by atoms with Crippen molar-refractivity contribution < 1.29 is 9.13 Å². The number of hydrogen-bond acceptors (Lipinski definition) is 3. The van der Waals surface area contributed by atoms with Crippen LogP contribution in [0.2, 0.25) is 0 Å². The number of hydrogen-bond donors (Lipinski definition) is 2. The van der Waals surface area contributed by atoms with Crippen LogP contribution in [0.15, 0.2) is 18.2 Å². The smallest absolute Gasteiger partial charge is 0.123 e. The quantitative estimate of drug-likeness (QED) is 0.569. The molecule has 0 saturated heterocycles. The highest BCUT2D eigenvalue weighted by Gasteiger charge is 2.36. The molecule has 1 unspecified atom stereocenters. The van der Waals surface area contributed by atoms with Crippen LogP contribution in [0.25, 0.3) is 0 Å². The Balaban J connectivity index is 2.99. The molecule has 0 fully saturated rings. The maximum atomic E-state index is 13.2. The SMILES string of the molecule is CCOC(CC)(CC)C(Cc1ccc(F)cc1C)NN. The number of hydrazine groups is 1. The van der Waals surface area contributed by atoms with Gasteiger partial charge in [-0.15, -0.1) is 0 Å². The minimum Gasteiger partial charge on any atom is -0.374 e. The lowest BCUT2D eigenvalue weighted by molar-refractivity contribution is -0.0719. The maximum absolute atomic E-state index is 13.2. The summed E-state index contributed by atoms with van der Waals surface area (Å²) in [6.07, 6.45) is 2.49. The Hall–Kier alpha value is -0.970. The number of rotatable bonds is 8. The second kappa shape index (κ2) is 7.72. The number of halogens is 1. The van der Waals surface area contributed by atoms with E-state index < -0.39 is 0 Å². The number of ether oxygens (including phenoxy) is 1. The van der Waals surface area contributed by atoms with Crippen LogP contribution in [0.3, 0.4) is 0 Å². The van der Waals surface area contributed by atoms with E-state index in [9.17, 15) is 4.39 Å². The summed E-state index contributed by atoms with van der Waals surface area (Å²) < 4.78 is 19.2. The molecule has 0 radical (unpaired) electrons. The van der Waals surface area contributed by atoms with Crippen molar-refractivity contribution in [3.8, 4) is 0 Å². The second-order valence-electron chi connectivity index (χ2n) is 5.20. The molecular formula is C16H27FN2O. The molecule has 0 aromatic heterocycles. The van der Waals surface area contributed by atoms with Gasteiger partial charge in [-0.3, -0.25) is 11.3 Å². The predicted octanol–water partition coefficient (Wildman–Crippen LogP) is 3.10. The van der Waals surface area contributed by atoms with E-state index >= 15 is 0 Å². The zero-order valence-corrected chi connectivity index (χ0v) is 13.0. The average molecular weight is 282 g/mol. The molecule has 0 aliphatic carbocycles. The van der Waals surface area contributed by atoms with Crippen LogP contribution < -0.4 is 11.3 Å². The first kappa shape index (κ1) is 17.1. The molecule has 20 heavy (non-hydrogen) atoms. The summed E-state index contributed by atoms with van der Waals surface area (Å²) in [7, 11) is 0. The molecule has 0 heterocycles. The van der Waals surface area contributed by atoms with Gasteiger partial charge in [-0.2, -0.15) is 0 Å². The molecule has 3 nitrogen and oxygen atoms in total. The number of nitrogens with one attached hydrogen (secondary N) is 1. The first-order valence-corrected chi connectivity index (χ1v) is 7.38. The highest BCUT2D eigenvalue weighted by atomic mass is 19.1. The standard InChI is InChI=1S/C16H27FN2O/c1-5-16(6-2,20-7-3)15(19-18)11-13-8-9-14(17)10-12(13)4/h8-10,15,19H,5-7,11,18H2,1-4H3. The van der Waals surface area contributed by atoms with Crippen LogP contribution in [0, 0.1) is 12.7 Å². The maximum Gasteiger partial charge on any atom is 0.123 e. The van der Waals surface area contributed by atoms with Crippen molar-refractivity contribution in [3.63, 3.8) is 0 Å². The first-order valence-electron chi connectivity index (χ1n) is 7.38. The van der Waals surface area contributed by atoms with E-state index in [4.69, 9.17) is 10.6 Å². The van der Waals surface area contributed by atoms with Crippen LogP contribution in [0.1, 0.15) is 44.7 Å². The van der Waals surface area contributed by atoms with Crippen LogP contribution >= 0.6 is 0 Å². The second-order valence-corrected chi connectivity index (χ2v) is 5.20. The number of benzene rings is 1. The van der Waals surface area contributed by atoms with Gasteiger partial charge >= 0.3 is 0 Å². The summed E-state index contributed by atoms with van der Waals surface area (Å²) in [6.45, 7) is 8.80. The van der Waals surface area contributed by atoms with Gasteiger partial charge in [0.2, 0.25) is 0 Å². The molecule has 0 saturated carbocycles. The summed E-state index contributed by atoms with van der Waals surface area (Å²) in [5.41, 5.74) is 4.66. The summed E-state index contributed by atoms with van der Waals surface area (Å²) in [5, 5.41) is 0. The fourth-order valence-electron chi connectivity index (χ4n) is 2.84. The van der Waals surface area contributed by atoms with Crippen molar-refractivity contribution in [1.82, 2.24) is 5.43 Å². The molecular weight excluding hydrogens is 255 g/mol. The molecule has 114 valence electrons. The average Bonchev–Trinajstić information content (AvgIpc) is 2.44. The van der Waals surface area contributed by atoms with Gasteiger partial charge in [-0.1, -0.05) is 19.9 Å². The first-order chi connectivity index (χ1) is 9.52. The van der Waals surface area contributed by atoms with Gasteiger partial charge in [-0.05, 0) is 56.4 Å². The third kappa shape index (κ3) is 3.78. The molecule has 1 aromatic carbocycles. The Morgan fingerprint density at radius 2 is 1.95 bits per heavy atom. The van der Waals surface area contributed by atoms with Crippen molar-refractivity contribution in [2.24, 2.45) is 5.84 Å². The predicted molar refractivity (Wildman–Crippen MR) is 80.9 cm³/mol. The number of nitrogens with two attached hydrogens (primary N) is 1. The highest BCUT2D eigenvalue weighted by molar-refractivity contribution is 5.28. The zero-order valence-electron chi connectivity index (χ0n) is 13.0. The van der Waals surface area contributed by atoms with Crippen molar-refractivity contribution in [2.75, 3.05) is 6.61 Å². The van der Waals surface area contributed by atoms with Gasteiger partial charge in [0.05, 0.1) is 11.6 Å². The van der Waals surface area contributed by atoms with E-state index in [0.29, 0.717) is 6.61 Å². The molecule has 4 heteroatoms. The molecule has 0 aliphatic rings. The van der Waals surface area contributed by atoms with Gasteiger partial charge in [0.15, 0.2) is 0 Å². The Morgan fingerprint density at radius 1 is 1.30 bits per heavy atom. The van der Waals surface area contributed by atoms with Crippen molar-refractivity contribution >= 4 is 0 Å². The Kier molecular flexibility index (Phi) is 6.59. The summed E-state index contributed by atoms with van der Waals surface area (Å²) in [6, 6.07) is 4.89. The molecule has 0 spiro atoms. The van der Waals surface area contributed by atoms with Crippen LogP contribution in [-0.4, -0.2) is 18.2 Å². The molecule has 1 aromatic rings. The topological polar surface area (TPSA) is 47.3 Å². The number of aryl methyl sites for hydroxylation is 1. The molecule has 0 aliphatic heterocycles. The van der Waals surface area contributed by atoms with Gasteiger partial charge in [0, 0.05) is 6.61 Å². The van der Waals surface area contributed by atoms with E-state index in [1.807, 2.05) is 19.9 Å². The van der Waals surface area contributed by atoms with E-state index in [-0.39, 0.29) is 17.5 Å². The molecule has 1 atom stereocenters. The monoisotopic (exact) mass is 282 g/mol. The highest BCUT2D eigenvalue weighted by Crippen LogP contribution is 2.28. The lowest BCUT2D eigenvalue weighted by Gasteiger charge is -2.39. The fraction of sp³-hybridized carbons (Fsp3) is 0.625. The van der Waals surface area contributed by atoms with Crippen molar-refractivity contribution in [1.29, 1.82) is 0 Å². The van der Waals surface area contributed by atoms with Gasteiger partial charge in [0.25, 0.3) is 0 Å². The fourth-order valence-corrected chi connectivity index (χ4v) is 2.84. The summed E-state index contributed by atoms with van der Waals surface area (Å²) in [5.74, 6) is 5.56. The van der Waals surface area contributed by atoms with E-state index in [1.54, 1.807) is 6.07 Å². The minimum absolute atomic E-state index is 0.00149. The lowest BCUT2D eigenvalue weighted by Crippen LogP contribution is -2.55. The van der Waals surface area contributed by atoms with Gasteiger partial charge < -0.3 is 4.74 Å². The van der Waals surface area contributed by atoms with E-state index in [1.165, 1.54) is 6.07 Å².